The number of rotatable bonds is 7. The lowest BCUT2D eigenvalue weighted by atomic mass is 9.98. The molecule has 0 saturated heterocycles. The van der Waals surface area contributed by atoms with Crippen molar-refractivity contribution in [1.29, 1.82) is 0 Å². The molecular weight excluding hydrogens is 376 g/mol. The minimum absolute atomic E-state index is 0.329. The Kier molecular flexibility index (Phi) is 18.4. The minimum atomic E-state index is 0.329. The van der Waals surface area contributed by atoms with Crippen molar-refractivity contribution in [3.63, 3.8) is 0 Å². The zero-order valence-corrected chi connectivity index (χ0v) is 22.1. The first kappa shape index (κ1) is 30.9. The summed E-state index contributed by atoms with van der Waals surface area (Å²) in [5.41, 5.74) is 6.68. The van der Waals surface area contributed by atoms with Crippen molar-refractivity contribution >= 4 is 0 Å². The van der Waals surface area contributed by atoms with E-state index in [1.54, 1.807) is 12.1 Å². The lowest BCUT2D eigenvalue weighted by molar-refractivity contribution is 0.475. The maximum atomic E-state index is 8.76. The van der Waals surface area contributed by atoms with E-state index in [-0.39, 0.29) is 0 Å². The molecule has 0 spiro atoms. The highest BCUT2D eigenvalue weighted by molar-refractivity contribution is 5.36. The lowest BCUT2D eigenvalue weighted by Gasteiger charge is -2.08. The molecule has 0 heterocycles. The number of aromatic hydroxyl groups is 1. The van der Waals surface area contributed by atoms with Gasteiger partial charge in [0.1, 0.15) is 5.75 Å². The van der Waals surface area contributed by atoms with Gasteiger partial charge in [0.2, 0.25) is 0 Å². The standard InChI is InChI=1S/C21H34.C7H8O.C2H6/c1-9-21(15-11-17(4)5)20(8)14-13-19(7)18(6)12-10-16(2)3;1-6-2-4-7(8)5-3-6;1-2/h10-16,18H,9H2,1-8H3;2-5,8H,1H3;1-2H3/b12-10-,19-13+,20-14+,21-15+;;. The van der Waals surface area contributed by atoms with E-state index in [1.165, 1.54) is 27.9 Å². The fraction of sp³-hybridized carbons (Fsp3) is 0.467. The largest absolute Gasteiger partial charge is 0.508 e. The van der Waals surface area contributed by atoms with E-state index in [0.29, 0.717) is 17.6 Å². The van der Waals surface area contributed by atoms with Gasteiger partial charge < -0.3 is 5.11 Å². The molecule has 0 radical (unpaired) electrons. The quantitative estimate of drug-likeness (QED) is 0.341. The van der Waals surface area contributed by atoms with E-state index in [2.05, 4.69) is 91.8 Å². The van der Waals surface area contributed by atoms with E-state index < -0.39 is 0 Å². The summed E-state index contributed by atoms with van der Waals surface area (Å²) in [7, 11) is 0. The van der Waals surface area contributed by atoms with Gasteiger partial charge in [-0.05, 0) is 76.2 Å². The smallest absolute Gasteiger partial charge is 0.115 e. The number of hydrogen-bond donors (Lipinski definition) is 1. The lowest BCUT2D eigenvalue weighted by Crippen LogP contribution is -1.92. The van der Waals surface area contributed by atoms with Crippen LogP contribution in [0.3, 0.4) is 0 Å². The molecule has 1 aromatic rings. The van der Waals surface area contributed by atoms with Gasteiger partial charge in [0.25, 0.3) is 0 Å². The molecule has 174 valence electrons. The van der Waals surface area contributed by atoms with Crippen molar-refractivity contribution in [1.82, 2.24) is 0 Å². The van der Waals surface area contributed by atoms with E-state index >= 15 is 0 Å². The van der Waals surface area contributed by atoms with Gasteiger partial charge in [-0.3, -0.25) is 0 Å². The molecule has 1 atom stereocenters. The minimum Gasteiger partial charge on any atom is -0.508 e. The molecular formula is C30H48O. The zero-order valence-electron chi connectivity index (χ0n) is 22.1. The first-order chi connectivity index (χ1) is 14.6. The normalized spacial score (nSPS) is 13.2. The van der Waals surface area contributed by atoms with Crippen LogP contribution in [-0.4, -0.2) is 5.11 Å². The van der Waals surface area contributed by atoms with Crippen LogP contribution in [0.2, 0.25) is 0 Å². The Morgan fingerprint density at radius 1 is 0.839 bits per heavy atom. The van der Waals surface area contributed by atoms with Crippen molar-refractivity contribution in [2.45, 2.75) is 82.6 Å². The Labute approximate surface area is 194 Å². The molecule has 0 amide bonds. The first-order valence-corrected chi connectivity index (χ1v) is 11.7. The van der Waals surface area contributed by atoms with E-state index in [9.17, 15) is 0 Å². The molecule has 0 aliphatic rings. The molecule has 0 aliphatic heterocycles. The molecule has 31 heavy (non-hydrogen) atoms. The average molecular weight is 425 g/mol. The maximum absolute atomic E-state index is 8.76. The third-order valence-electron chi connectivity index (χ3n) is 4.64. The van der Waals surface area contributed by atoms with E-state index in [1.807, 2.05) is 32.9 Å². The summed E-state index contributed by atoms with van der Waals surface area (Å²) in [6.07, 6.45) is 14.6. The van der Waals surface area contributed by atoms with Crippen molar-refractivity contribution in [3.05, 3.63) is 88.6 Å². The summed E-state index contributed by atoms with van der Waals surface area (Å²) >= 11 is 0. The Morgan fingerprint density at radius 3 is 1.81 bits per heavy atom. The molecule has 1 nitrogen and oxygen atoms in total. The Hall–Kier alpha value is -2.28. The van der Waals surface area contributed by atoms with E-state index in [0.717, 1.165) is 6.42 Å². The molecule has 1 heteroatoms. The topological polar surface area (TPSA) is 20.2 Å². The fourth-order valence-electron chi connectivity index (χ4n) is 2.40. The molecule has 0 fully saturated rings. The van der Waals surface area contributed by atoms with Crippen LogP contribution < -0.4 is 0 Å². The predicted octanol–water partition coefficient (Wildman–Crippen LogP) is 9.76. The van der Waals surface area contributed by atoms with Gasteiger partial charge in [0, 0.05) is 0 Å². The maximum Gasteiger partial charge on any atom is 0.115 e. The summed E-state index contributed by atoms with van der Waals surface area (Å²) in [5.74, 6) is 1.45. The number of aryl methyl sites for hydroxylation is 1. The van der Waals surface area contributed by atoms with Crippen molar-refractivity contribution in [3.8, 4) is 5.75 Å². The molecule has 0 aliphatic carbocycles. The molecule has 0 saturated carbocycles. The molecule has 0 aromatic heterocycles. The number of allylic oxidation sites excluding steroid dienone is 10. The second-order valence-electron chi connectivity index (χ2n) is 8.30. The first-order valence-electron chi connectivity index (χ1n) is 11.7. The number of benzene rings is 1. The highest BCUT2D eigenvalue weighted by atomic mass is 16.3. The molecule has 1 unspecified atom stereocenters. The van der Waals surface area contributed by atoms with Gasteiger partial charge in [-0.15, -0.1) is 0 Å². The second-order valence-corrected chi connectivity index (χ2v) is 8.30. The summed E-state index contributed by atoms with van der Waals surface area (Å²) in [5, 5.41) is 8.76. The third kappa shape index (κ3) is 17.1. The fourth-order valence-corrected chi connectivity index (χ4v) is 2.40. The highest BCUT2D eigenvalue weighted by Crippen LogP contribution is 2.17. The summed E-state index contributed by atoms with van der Waals surface area (Å²) in [6, 6.07) is 7.09. The van der Waals surface area contributed by atoms with Crippen LogP contribution in [0.25, 0.3) is 0 Å². The Bertz CT molecular complexity index is 712. The van der Waals surface area contributed by atoms with Gasteiger partial charge in [0.15, 0.2) is 0 Å². The van der Waals surface area contributed by atoms with Crippen LogP contribution in [-0.2, 0) is 0 Å². The summed E-state index contributed by atoms with van der Waals surface area (Å²) < 4.78 is 0. The Balaban J connectivity index is 0. The van der Waals surface area contributed by atoms with Gasteiger partial charge in [0.05, 0.1) is 0 Å². The molecule has 0 bridgehead atoms. The van der Waals surface area contributed by atoms with Crippen LogP contribution in [0, 0.1) is 18.8 Å². The average Bonchev–Trinajstić information content (AvgIpc) is 2.74. The highest BCUT2D eigenvalue weighted by Gasteiger charge is 2.00. The van der Waals surface area contributed by atoms with Crippen LogP contribution in [0.5, 0.6) is 5.75 Å². The molecule has 1 N–H and O–H groups in total. The van der Waals surface area contributed by atoms with Gasteiger partial charge in [-0.25, -0.2) is 0 Å². The van der Waals surface area contributed by atoms with Gasteiger partial charge in [-0.1, -0.05) is 107 Å². The van der Waals surface area contributed by atoms with Crippen LogP contribution in [0.15, 0.2) is 83.0 Å². The van der Waals surface area contributed by atoms with Crippen molar-refractivity contribution < 1.29 is 5.11 Å². The third-order valence-corrected chi connectivity index (χ3v) is 4.64. The predicted molar refractivity (Wildman–Crippen MR) is 143 cm³/mol. The molecule has 1 rings (SSSR count). The molecule has 1 aromatic carbocycles. The van der Waals surface area contributed by atoms with Gasteiger partial charge >= 0.3 is 0 Å². The number of phenols is 1. The second kappa shape index (κ2) is 18.5. The van der Waals surface area contributed by atoms with Crippen molar-refractivity contribution in [2.24, 2.45) is 11.8 Å². The zero-order chi connectivity index (χ0) is 24.4. The Morgan fingerprint density at radius 2 is 1.39 bits per heavy atom. The van der Waals surface area contributed by atoms with Gasteiger partial charge in [-0.2, -0.15) is 0 Å². The summed E-state index contributed by atoms with van der Waals surface area (Å²) in [4.78, 5) is 0. The van der Waals surface area contributed by atoms with Crippen LogP contribution in [0.1, 0.15) is 81.2 Å². The summed E-state index contributed by atoms with van der Waals surface area (Å²) in [6.45, 7) is 23.6. The van der Waals surface area contributed by atoms with Crippen LogP contribution in [0.4, 0.5) is 0 Å². The number of hydrogen-bond acceptors (Lipinski definition) is 1. The number of phenolic OH excluding ortho intramolecular Hbond substituents is 1. The van der Waals surface area contributed by atoms with Crippen LogP contribution >= 0.6 is 0 Å². The SMILES string of the molecule is CC.CCC(=C\C=C(C)C)/C(C)=C/C=C(\C)C(C)/C=C\C(C)C.Cc1ccc(O)cc1. The van der Waals surface area contributed by atoms with E-state index in [4.69, 9.17) is 5.11 Å². The monoisotopic (exact) mass is 424 g/mol. The van der Waals surface area contributed by atoms with Crippen molar-refractivity contribution in [2.75, 3.05) is 0 Å².